The van der Waals surface area contributed by atoms with Crippen molar-refractivity contribution in [3.63, 3.8) is 0 Å². The Labute approximate surface area is 645 Å². The van der Waals surface area contributed by atoms with E-state index in [1.54, 1.807) is 0 Å². The largest absolute Gasteiger partial charge is 0.472 e. The Bertz CT molecular complexity index is 2000. The Morgan fingerprint density at radius 2 is 0.438 bits per heavy atom. The molecule has 17 nitrogen and oxygen atoms in total. The standard InChI is InChI=1S/C86H168O17P2/c1-6-9-12-15-18-21-24-27-29-31-32-33-35-42-47-52-57-62-67-72-86(91)103-82(76-97-84(89)70-65-60-55-50-45-40-37-36-39-43-48-53-58-63-68-79(4)5)78-101-105(94,95)99-74-80(87)73-98-104(92,93)100-77-81(75-96-83(88)69-64-59-54-49-44-38-26-23-20-17-14-11-8-3)102-85(90)71-66-61-56-51-46-41-34-30-28-25-22-19-16-13-10-7-2/h79-82,87H,6-78H2,1-5H3,(H,92,93)(H,94,95)/t80-,81+,82+/m0/s1. The Hall–Kier alpha value is -1.94. The molecule has 0 heterocycles. The van der Waals surface area contributed by atoms with Crippen LogP contribution in [-0.4, -0.2) is 96.7 Å². The number of carbonyl (C=O) groups is 4. The summed E-state index contributed by atoms with van der Waals surface area (Å²) >= 11 is 0. The summed E-state index contributed by atoms with van der Waals surface area (Å²) in [6.07, 6.45) is 72.0. The molecule has 0 saturated carbocycles. The summed E-state index contributed by atoms with van der Waals surface area (Å²) in [5.41, 5.74) is 0. The van der Waals surface area contributed by atoms with Crippen molar-refractivity contribution in [1.82, 2.24) is 0 Å². The lowest BCUT2D eigenvalue weighted by molar-refractivity contribution is -0.161. The van der Waals surface area contributed by atoms with E-state index in [-0.39, 0.29) is 25.7 Å². The highest BCUT2D eigenvalue weighted by Crippen LogP contribution is 2.45. The molecule has 0 fully saturated rings. The first-order chi connectivity index (χ1) is 51.0. The normalized spacial score (nSPS) is 13.8. The van der Waals surface area contributed by atoms with Gasteiger partial charge < -0.3 is 33.8 Å². The van der Waals surface area contributed by atoms with E-state index < -0.39 is 97.5 Å². The molecule has 0 amide bonds. The molecule has 0 radical (unpaired) electrons. The van der Waals surface area contributed by atoms with Gasteiger partial charge in [0.25, 0.3) is 0 Å². The molecular formula is C86H168O17P2. The number of phosphoric acid groups is 2. The number of phosphoric ester groups is 2. The van der Waals surface area contributed by atoms with Crippen LogP contribution in [0.1, 0.15) is 465 Å². The third-order valence-corrected chi connectivity index (χ3v) is 22.2. The van der Waals surface area contributed by atoms with Crippen LogP contribution in [0.4, 0.5) is 0 Å². The van der Waals surface area contributed by atoms with Gasteiger partial charge in [-0.3, -0.25) is 37.3 Å². The zero-order chi connectivity index (χ0) is 76.9. The number of carbonyl (C=O) groups excluding carboxylic acids is 4. The molecule has 0 aromatic rings. The van der Waals surface area contributed by atoms with Gasteiger partial charge in [0, 0.05) is 25.7 Å². The summed E-state index contributed by atoms with van der Waals surface area (Å²) < 4.78 is 69.0. The van der Waals surface area contributed by atoms with E-state index in [2.05, 4.69) is 34.6 Å². The van der Waals surface area contributed by atoms with Gasteiger partial charge in [-0.2, -0.15) is 0 Å². The summed E-state index contributed by atoms with van der Waals surface area (Å²) in [5, 5.41) is 10.7. The van der Waals surface area contributed by atoms with Gasteiger partial charge >= 0.3 is 39.5 Å². The average molecular weight is 1540 g/mol. The zero-order valence-corrected chi connectivity index (χ0v) is 70.7. The molecule has 3 N–H and O–H groups in total. The molecule has 624 valence electrons. The smallest absolute Gasteiger partial charge is 0.462 e. The van der Waals surface area contributed by atoms with Gasteiger partial charge in [0.15, 0.2) is 12.2 Å². The Kier molecular flexibility index (Phi) is 77.3. The van der Waals surface area contributed by atoms with Gasteiger partial charge in [0.1, 0.15) is 19.3 Å². The lowest BCUT2D eigenvalue weighted by Crippen LogP contribution is -2.30. The lowest BCUT2D eigenvalue weighted by Gasteiger charge is -2.21. The van der Waals surface area contributed by atoms with Crippen molar-refractivity contribution < 1.29 is 80.2 Å². The highest BCUT2D eigenvalue weighted by molar-refractivity contribution is 7.47. The van der Waals surface area contributed by atoms with E-state index in [1.165, 1.54) is 289 Å². The first-order valence-electron chi connectivity index (χ1n) is 44.6. The van der Waals surface area contributed by atoms with Gasteiger partial charge in [-0.15, -0.1) is 0 Å². The molecule has 0 spiro atoms. The van der Waals surface area contributed by atoms with Gasteiger partial charge in [0.2, 0.25) is 0 Å². The maximum Gasteiger partial charge on any atom is 0.472 e. The molecule has 2 unspecified atom stereocenters. The quantitative estimate of drug-likeness (QED) is 0.0222. The SMILES string of the molecule is CCCCCCCCCCCCCCCCCCCCCC(=O)O[C@H](COC(=O)CCCCCCCCCCCCCCCCC(C)C)COP(=O)(O)OC[C@@H](O)COP(=O)(O)OC[C@@H](COC(=O)CCCCCCCCCCCCCCC)OC(=O)CCCCCCCCCCCCCCCCCC. The molecular weight excluding hydrogens is 1370 g/mol. The second-order valence-corrected chi connectivity index (χ2v) is 34.3. The van der Waals surface area contributed by atoms with Crippen molar-refractivity contribution >= 4 is 39.5 Å². The Balaban J connectivity index is 5.26. The van der Waals surface area contributed by atoms with Gasteiger partial charge in [-0.25, -0.2) is 9.13 Å². The number of ether oxygens (including phenoxy) is 4. The van der Waals surface area contributed by atoms with Gasteiger partial charge in [-0.1, -0.05) is 413 Å². The molecule has 0 bridgehead atoms. The minimum absolute atomic E-state index is 0.109. The number of aliphatic hydroxyl groups excluding tert-OH is 1. The Morgan fingerprint density at radius 3 is 0.648 bits per heavy atom. The van der Waals surface area contributed by atoms with Crippen LogP contribution in [0.25, 0.3) is 0 Å². The predicted molar refractivity (Wildman–Crippen MR) is 432 cm³/mol. The minimum atomic E-state index is -4.97. The molecule has 105 heavy (non-hydrogen) atoms. The van der Waals surface area contributed by atoms with Crippen LogP contribution in [0.15, 0.2) is 0 Å². The fourth-order valence-corrected chi connectivity index (χ4v) is 15.1. The average Bonchev–Trinajstić information content (AvgIpc) is 0.910. The fraction of sp³-hybridized carbons (Fsp3) is 0.953. The summed E-state index contributed by atoms with van der Waals surface area (Å²) in [4.78, 5) is 73.3. The number of rotatable bonds is 86. The van der Waals surface area contributed by atoms with Crippen molar-refractivity contribution in [3.05, 3.63) is 0 Å². The summed E-state index contributed by atoms with van der Waals surface area (Å²) in [5.74, 6) is -1.30. The highest BCUT2D eigenvalue weighted by Gasteiger charge is 2.30. The van der Waals surface area contributed by atoms with Crippen molar-refractivity contribution in [2.24, 2.45) is 5.92 Å². The van der Waals surface area contributed by atoms with E-state index in [4.69, 9.17) is 37.0 Å². The third kappa shape index (κ3) is 79.9. The van der Waals surface area contributed by atoms with Crippen LogP contribution in [0.5, 0.6) is 0 Å². The Morgan fingerprint density at radius 1 is 0.257 bits per heavy atom. The summed E-state index contributed by atoms with van der Waals surface area (Å²) in [6.45, 7) is 7.40. The molecule has 0 aromatic carbocycles. The van der Waals surface area contributed by atoms with Crippen LogP contribution in [0, 0.1) is 5.92 Å². The number of esters is 4. The van der Waals surface area contributed by atoms with E-state index >= 15 is 0 Å². The maximum atomic E-state index is 13.1. The molecule has 0 aliphatic heterocycles. The third-order valence-electron chi connectivity index (χ3n) is 20.3. The minimum Gasteiger partial charge on any atom is -0.462 e. The predicted octanol–water partition coefficient (Wildman–Crippen LogP) is 26.4. The van der Waals surface area contributed by atoms with Crippen LogP contribution in [0.3, 0.4) is 0 Å². The van der Waals surface area contributed by atoms with E-state index in [0.717, 1.165) is 95.8 Å². The second-order valence-electron chi connectivity index (χ2n) is 31.4. The fourth-order valence-electron chi connectivity index (χ4n) is 13.5. The molecule has 0 aliphatic rings. The topological polar surface area (TPSA) is 237 Å². The zero-order valence-electron chi connectivity index (χ0n) is 68.9. The number of hydrogen-bond donors (Lipinski definition) is 3. The number of hydrogen-bond acceptors (Lipinski definition) is 15. The highest BCUT2D eigenvalue weighted by atomic mass is 31.2. The summed E-state index contributed by atoms with van der Waals surface area (Å²) in [7, 11) is -9.93. The van der Waals surface area contributed by atoms with E-state index in [0.29, 0.717) is 25.7 Å². The first kappa shape index (κ1) is 103. The van der Waals surface area contributed by atoms with Crippen LogP contribution >= 0.6 is 15.6 Å². The molecule has 0 aliphatic carbocycles. The molecule has 0 saturated heterocycles. The monoisotopic (exact) mass is 1540 g/mol. The molecule has 5 atom stereocenters. The van der Waals surface area contributed by atoms with Gasteiger partial charge in [0.05, 0.1) is 26.4 Å². The lowest BCUT2D eigenvalue weighted by atomic mass is 10.0. The first-order valence-corrected chi connectivity index (χ1v) is 47.6. The molecule has 19 heteroatoms. The number of unbranched alkanes of at least 4 members (excludes halogenated alkanes) is 58. The summed E-state index contributed by atoms with van der Waals surface area (Å²) in [6, 6.07) is 0. The van der Waals surface area contributed by atoms with Crippen molar-refractivity contribution in [2.75, 3.05) is 39.6 Å². The van der Waals surface area contributed by atoms with E-state index in [1.807, 2.05) is 0 Å². The van der Waals surface area contributed by atoms with Crippen molar-refractivity contribution in [1.29, 1.82) is 0 Å². The van der Waals surface area contributed by atoms with Gasteiger partial charge in [-0.05, 0) is 31.6 Å². The van der Waals surface area contributed by atoms with Crippen LogP contribution < -0.4 is 0 Å². The van der Waals surface area contributed by atoms with Crippen molar-refractivity contribution in [2.45, 2.75) is 483 Å². The molecule has 0 aromatic heterocycles. The van der Waals surface area contributed by atoms with Crippen molar-refractivity contribution in [3.8, 4) is 0 Å². The van der Waals surface area contributed by atoms with E-state index in [9.17, 15) is 43.2 Å². The molecule has 0 rings (SSSR count). The number of aliphatic hydroxyl groups is 1. The van der Waals surface area contributed by atoms with Crippen LogP contribution in [-0.2, 0) is 65.4 Å². The second kappa shape index (κ2) is 78.7. The maximum absolute atomic E-state index is 13.1. The van der Waals surface area contributed by atoms with Crippen LogP contribution in [0.2, 0.25) is 0 Å².